The molecule has 17 atom stereocenters. The summed E-state index contributed by atoms with van der Waals surface area (Å²) >= 11 is 0. The lowest BCUT2D eigenvalue weighted by Gasteiger charge is -2.48. The molecule has 0 aromatic carbocycles. The molecule has 538 valence electrons. The molecule has 0 aromatic heterocycles. The normalized spacial score (nSPS) is 27.9. The Labute approximate surface area is 554 Å². The van der Waals surface area contributed by atoms with Crippen LogP contribution in [-0.2, 0) is 33.2 Å². The SMILES string of the molecule is CCCCCCCCCC/C=C\CCCCCCCCCCCCCC(=O)NC(COC1OC(CO)C(OC2OC(CO)C(OC3OC(CO)C(O)C(O)C3O)C(O)C2O)C(O)C1O)C(O)/C=C/CC/C=C/CC/C=C/CCCCCCCCCCCCCCCC. The van der Waals surface area contributed by atoms with Gasteiger partial charge in [0.05, 0.1) is 38.6 Å². The number of carbonyl (C=O) groups excluding carboxylic acids is 1. The summed E-state index contributed by atoms with van der Waals surface area (Å²) in [4.78, 5) is 13.4. The molecule has 17 unspecified atom stereocenters. The highest BCUT2D eigenvalue weighted by molar-refractivity contribution is 5.76. The zero-order valence-corrected chi connectivity index (χ0v) is 57.0. The summed E-state index contributed by atoms with van der Waals surface area (Å²) in [7, 11) is 0. The van der Waals surface area contributed by atoms with Crippen molar-refractivity contribution in [3.05, 3.63) is 48.6 Å². The Morgan fingerprint density at radius 2 is 0.696 bits per heavy atom. The molecule has 3 aliphatic rings. The monoisotopic (exact) mass is 1310 g/mol. The number of amides is 1. The van der Waals surface area contributed by atoms with Crippen LogP contribution in [0.1, 0.15) is 277 Å². The van der Waals surface area contributed by atoms with E-state index in [2.05, 4.69) is 55.6 Å². The summed E-state index contributed by atoms with van der Waals surface area (Å²) < 4.78 is 34.4. The number of carbonyl (C=O) groups is 1. The molecule has 12 N–H and O–H groups in total. The highest BCUT2D eigenvalue weighted by Crippen LogP contribution is 2.33. The predicted octanol–water partition coefficient (Wildman–Crippen LogP) is 10.6. The zero-order chi connectivity index (χ0) is 66.8. The van der Waals surface area contributed by atoms with Crippen molar-refractivity contribution in [2.45, 2.75) is 381 Å². The van der Waals surface area contributed by atoms with Crippen LogP contribution in [0.3, 0.4) is 0 Å². The van der Waals surface area contributed by atoms with Crippen molar-refractivity contribution in [1.82, 2.24) is 5.32 Å². The highest BCUT2D eigenvalue weighted by Gasteiger charge is 2.53. The average molecular weight is 1310 g/mol. The van der Waals surface area contributed by atoms with Crippen LogP contribution >= 0.6 is 0 Å². The fraction of sp³-hybridized carbons (Fsp3) is 0.877. The van der Waals surface area contributed by atoms with Gasteiger partial charge in [-0.15, -0.1) is 0 Å². The lowest BCUT2D eigenvalue weighted by molar-refractivity contribution is -0.379. The van der Waals surface area contributed by atoms with Crippen molar-refractivity contribution in [3.63, 3.8) is 0 Å². The summed E-state index contributed by atoms with van der Waals surface area (Å²) in [5.41, 5.74) is 0. The molecule has 19 heteroatoms. The molecule has 0 aliphatic carbocycles. The second-order valence-corrected chi connectivity index (χ2v) is 26.4. The van der Waals surface area contributed by atoms with E-state index in [1.54, 1.807) is 6.08 Å². The molecular weight excluding hydrogens is 1180 g/mol. The molecule has 3 aliphatic heterocycles. The van der Waals surface area contributed by atoms with Gasteiger partial charge in [-0.1, -0.05) is 249 Å². The Morgan fingerprint density at radius 1 is 0.380 bits per heavy atom. The Hall–Kier alpha value is -2.25. The van der Waals surface area contributed by atoms with Gasteiger partial charge >= 0.3 is 0 Å². The van der Waals surface area contributed by atoms with Crippen LogP contribution in [0.4, 0.5) is 0 Å². The van der Waals surface area contributed by atoms with Crippen molar-refractivity contribution >= 4 is 5.91 Å². The Bertz CT molecular complexity index is 1860. The van der Waals surface area contributed by atoms with Crippen LogP contribution in [0.2, 0.25) is 0 Å². The van der Waals surface area contributed by atoms with E-state index in [1.807, 2.05) is 6.08 Å². The number of aliphatic hydroxyl groups excluding tert-OH is 11. The van der Waals surface area contributed by atoms with E-state index in [9.17, 15) is 61.0 Å². The summed E-state index contributed by atoms with van der Waals surface area (Å²) in [6.07, 6.45) is 39.5. The van der Waals surface area contributed by atoms with Crippen LogP contribution in [0.15, 0.2) is 48.6 Å². The molecule has 19 nitrogen and oxygen atoms in total. The van der Waals surface area contributed by atoms with Gasteiger partial charge in [-0.05, 0) is 70.6 Å². The van der Waals surface area contributed by atoms with Crippen LogP contribution in [-0.4, -0.2) is 193 Å². The molecule has 3 heterocycles. The highest BCUT2D eigenvalue weighted by atomic mass is 16.8. The molecule has 3 fully saturated rings. The molecule has 0 spiro atoms. The van der Waals surface area contributed by atoms with E-state index in [0.717, 1.165) is 44.9 Å². The van der Waals surface area contributed by atoms with E-state index >= 15 is 0 Å². The van der Waals surface area contributed by atoms with Crippen LogP contribution in [0.25, 0.3) is 0 Å². The first-order valence-corrected chi connectivity index (χ1v) is 36.9. The van der Waals surface area contributed by atoms with E-state index in [1.165, 1.54) is 199 Å². The van der Waals surface area contributed by atoms with Crippen molar-refractivity contribution < 1.29 is 89.4 Å². The number of unbranched alkanes of at least 4 members (excludes halogenated alkanes) is 35. The van der Waals surface area contributed by atoms with Crippen LogP contribution in [0.5, 0.6) is 0 Å². The smallest absolute Gasteiger partial charge is 0.220 e. The maximum atomic E-state index is 13.4. The number of rotatable bonds is 57. The van der Waals surface area contributed by atoms with E-state index in [4.69, 9.17) is 28.4 Å². The fourth-order valence-electron chi connectivity index (χ4n) is 12.3. The van der Waals surface area contributed by atoms with Gasteiger partial charge in [-0.2, -0.15) is 0 Å². The van der Waals surface area contributed by atoms with Gasteiger partial charge in [-0.25, -0.2) is 0 Å². The summed E-state index contributed by atoms with van der Waals surface area (Å²) in [5.74, 6) is -0.288. The maximum absolute atomic E-state index is 13.4. The zero-order valence-electron chi connectivity index (χ0n) is 57.0. The molecule has 92 heavy (non-hydrogen) atoms. The van der Waals surface area contributed by atoms with Gasteiger partial charge < -0.3 is 89.9 Å². The van der Waals surface area contributed by atoms with Gasteiger partial charge in [0.15, 0.2) is 18.9 Å². The number of allylic oxidation sites excluding steroid dienone is 7. The first-order chi connectivity index (χ1) is 44.8. The Kier molecular flexibility index (Phi) is 50.0. The number of aliphatic hydroxyl groups is 11. The van der Waals surface area contributed by atoms with E-state index in [-0.39, 0.29) is 18.9 Å². The number of hydrogen-bond donors (Lipinski definition) is 12. The lowest BCUT2D eigenvalue weighted by atomic mass is 9.96. The van der Waals surface area contributed by atoms with Gasteiger partial charge in [0, 0.05) is 6.42 Å². The van der Waals surface area contributed by atoms with Crippen LogP contribution < -0.4 is 5.32 Å². The average Bonchev–Trinajstić information content (AvgIpc) is 0.838. The minimum absolute atomic E-state index is 0.231. The third-order valence-electron chi connectivity index (χ3n) is 18.3. The van der Waals surface area contributed by atoms with Gasteiger partial charge in [0.2, 0.25) is 5.91 Å². The quantitative estimate of drug-likeness (QED) is 0.0199. The van der Waals surface area contributed by atoms with Crippen LogP contribution in [0, 0.1) is 0 Å². The minimum Gasteiger partial charge on any atom is -0.394 e. The van der Waals surface area contributed by atoms with Crippen molar-refractivity contribution in [3.8, 4) is 0 Å². The second kappa shape index (κ2) is 54.7. The molecular formula is C73H133NO18. The summed E-state index contributed by atoms with van der Waals surface area (Å²) in [6, 6.07) is -0.998. The molecule has 3 rings (SSSR count). The fourth-order valence-corrected chi connectivity index (χ4v) is 12.3. The van der Waals surface area contributed by atoms with Crippen molar-refractivity contribution in [1.29, 1.82) is 0 Å². The Balaban J connectivity index is 1.44. The standard InChI is InChI=1S/C73H133NO18/c1-3-5-7-9-11-13-15-17-19-21-23-25-27-29-30-32-34-36-38-40-42-44-46-48-50-57(78)56(74-61(79)51-49-47-45-43-41-39-37-35-33-31-28-26-24-22-20-18-16-14-12-10-8-6-4-2)55-87-71-67(85)64(82)69(59(53-76)89-71)92-73-68(86)65(83)70(60(54-77)90-73)91-72-66(84)63(81)62(80)58(52-75)88-72/h22,24,32,34,40,42,48,50,56-60,62-73,75-78,80-86H,3-21,23,25-31,33,35-39,41,43-47,49,51-55H2,1-2H3,(H,74,79)/b24-22-,34-32+,42-40+,50-48+. The summed E-state index contributed by atoms with van der Waals surface area (Å²) in [6.45, 7) is 1.73. The number of hydrogen-bond acceptors (Lipinski definition) is 18. The third kappa shape index (κ3) is 35.8. The maximum Gasteiger partial charge on any atom is 0.220 e. The molecule has 0 saturated carbocycles. The number of nitrogens with one attached hydrogen (secondary N) is 1. The largest absolute Gasteiger partial charge is 0.394 e. The predicted molar refractivity (Wildman–Crippen MR) is 360 cm³/mol. The van der Waals surface area contributed by atoms with Gasteiger partial charge in [-0.3, -0.25) is 4.79 Å². The van der Waals surface area contributed by atoms with Crippen molar-refractivity contribution in [2.75, 3.05) is 26.4 Å². The molecule has 0 bridgehead atoms. The minimum atomic E-state index is -1.98. The van der Waals surface area contributed by atoms with Crippen molar-refractivity contribution in [2.24, 2.45) is 0 Å². The first kappa shape index (κ1) is 84.0. The molecule has 0 radical (unpaired) electrons. The van der Waals surface area contributed by atoms with Gasteiger partial charge in [0.25, 0.3) is 0 Å². The lowest BCUT2D eigenvalue weighted by Crippen LogP contribution is -2.66. The van der Waals surface area contributed by atoms with Gasteiger partial charge in [0.1, 0.15) is 73.2 Å². The van der Waals surface area contributed by atoms with E-state index in [0.29, 0.717) is 12.8 Å². The molecule has 0 aromatic rings. The summed E-state index contributed by atoms with van der Waals surface area (Å²) in [5, 5.41) is 121. The Morgan fingerprint density at radius 3 is 1.09 bits per heavy atom. The molecule has 3 saturated heterocycles. The molecule has 1 amide bonds. The van der Waals surface area contributed by atoms with E-state index < -0.39 is 124 Å². The third-order valence-corrected chi connectivity index (χ3v) is 18.3. The number of ether oxygens (including phenoxy) is 6. The first-order valence-electron chi connectivity index (χ1n) is 36.9. The second-order valence-electron chi connectivity index (χ2n) is 26.4. The topological polar surface area (TPSA) is 307 Å².